The molecule has 2 aromatic rings. The molecule has 5 heteroatoms. The van der Waals surface area contributed by atoms with Crippen molar-refractivity contribution in [3.05, 3.63) is 45.3 Å². The Kier molecular flexibility index (Phi) is 3.10. The molecule has 1 aromatic carbocycles. The van der Waals surface area contributed by atoms with Crippen LogP contribution in [0.3, 0.4) is 0 Å². The van der Waals surface area contributed by atoms with E-state index >= 15 is 0 Å². The van der Waals surface area contributed by atoms with Gasteiger partial charge in [-0.2, -0.15) is 0 Å². The van der Waals surface area contributed by atoms with Gasteiger partial charge >= 0.3 is 0 Å². The fourth-order valence-electron chi connectivity index (χ4n) is 1.22. The Morgan fingerprint density at radius 2 is 2.07 bits per heavy atom. The molecule has 0 aliphatic carbocycles. The quantitative estimate of drug-likeness (QED) is 0.641. The molecule has 0 bridgehead atoms. The van der Waals surface area contributed by atoms with Crippen LogP contribution in [-0.2, 0) is 6.54 Å². The Bertz CT molecular complexity index is 464. The molecule has 0 spiro atoms. The van der Waals surface area contributed by atoms with Crippen molar-refractivity contribution in [2.45, 2.75) is 6.54 Å². The van der Waals surface area contributed by atoms with Gasteiger partial charge in [0.15, 0.2) is 6.29 Å². The number of halogens is 1. The lowest BCUT2D eigenvalue weighted by atomic mass is 10.2. The van der Waals surface area contributed by atoms with Crippen LogP contribution in [0.2, 0.25) is 0 Å². The van der Waals surface area contributed by atoms with Gasteiger partial charge in [0.25, 0.3) is 0 Å². The van der Waals surface area contributed by atoms with Gasteiger partial charge in [0, 0.05) is 3.57 Å². The Morgan fingerprint density at radius 1 is 1.33 bits per heavy atom. The third-order valence-corrected chi connectivity index (χ3v) is 2.65. The highest BCUT2D eigenvalue weighted by Gasteiger charge is 1.99. The minimum Gasteiger partial charge on any atom is -0.296 e. The number of hydrogen-bond donors (Lipinski definition) is 0. The van der Waals surface area contributed by atoms with Gasteiger partial charge in [0.2, 0.25) is 0 Å². The number of carbonyl (C=O) groups excluding carboxylic acids is 1. The maximum atomic E-state index is 10.4. The molecule has 0 atom stereocenters. The molecule has 0 saturated carbocycles. The highest BCUT2D eigenvalue weighted by Crippen LogP contribution is 2.07. The zero-order chi connectivity index (χ0) is 10.7. The second-order valence-electron chi connectivity index (χ2n) is 3.09. The van der Waals surface area contributed by atoms with Gasteiger partial charge in [0.05, 0.1) is 12.7 Å². The van der Waals surface area contributed by atoms with Gasteiger partial charge in [-0.3, -0.25) is 4.79 Å². The lowest BCUT2D eigenvalue weighted by Crippen LogP contribution is -2.00. The number of nitrogens with zero attached hydrogens (tertiary/aromatic N) is 3. The van der Waals surface area contributed by atoms with E-state index in [2.05, 4.69) is 32.9 Å². The summed E-state index contributed by atoms with van der Waals surface area (Å²) in [5, 5.41) is 7.53. The van der Waals surface area contributed by atoms with Crippen molar-refractivity contribution in [2.24, 2.45) is 0 Å². The summed E-state index contributed by atoms with van der Waals surface area (Å²) >= 11 is 2.26. The van der Waals surface area contributed by atoms with E-state index in [1.165, 1.54) is 3.57 Å². The monoisotopic (exact) mass is 313 g/mol. The van der Waals surface area contributed by atoms with E-state index < -0.39 is 0 Å². The van der Waals surface area contributed by atoms with Crippen LogP contribution in [0.4, 0.5) is 0 Å². The summed E-state index contributed by atoms with van der Waals surface area (Å²) < 4.78 is 2.84. The predicted octanol–water partition coefficient (Wildman–Crippen LogP) is 1.74. The van der Waals surface area contributed by atoms with Crippen molar-refractivity contribution in [1.82, 2.24) is 15.0 Å². The fraction of sp³-hybridized carbons (Fsp3) is 0.100. The maximum Gasteiger partial charge on any atom is 0.171 e. The topological polar surface area (TPSA) is 47.8 Å². The molecule has 0 saturated heterocycles. The molecule has 1 aromatic heterocycles. The summed E-state index contributed by atoms with van der Waals surface area (Å²) in [7, 11) is 0. The van der Waals surface area contributed by atoms with Gasteiger partial charge in [-0.1, -0.05) is 17.3 Å². The third-order valence-electron chi connectivity index (χ3n) is 1.93. The molecule has 0 amide bonds. The maximum absolute atomic E-state index is 10.4. The average Bonchev–Trinajstić information content (AvgIpc) is 2.69. The zero-order valence-electron chi connectivity index (χ0n) is 7.80. The molecule has 2 rings (SSSR count). The minimum absolute atomic E-state index is 0.362. The van der Waals surface area contributed by atoms with Crippen molar-refractivity contribution < 1.29 is 4.79 Å². The lowest BCUT2D eigenvalue weighted by Gasteiger charge is -2.00. The molecule has 0 N–H and O–H groups in total. The number of rotatable bonds is 3. The van der Waals surface area contributed by atoms with Crippen LogP contribution in [0.5, 0.6) is 0 Å². The van der Waals surface area contributed by atoms with Crippen LogP contribution in [0.15, 0.2) is 30.5 Å². The molecular weight excluding hydrogens is 305 g/mol. The molecular formula is C10H8IN3O. The van der Waals surface area contributed by atoms with Crippen molar-refractivity contribution in [3.8, 4) is 0 Å². The molecule has 0 radical (unpaired) electrons. The third kappa shape index (κ3) is 2.62. The number of hydrogen-bond acceptors (Lipinski definition) is 3. The van der Waals surface area contributed by atoms with Crippen LogP contribution >= 0.6 is 22.6 Å². The van der Waals surface area contributed by atoms with E-state index in [1.807, 2.05) is 24.3 Å². The van der Waals surface area contributed by atoms with Gasteiger partial charge in [-0.25, -0.2) is 4.68 Å². The Morgan fingerprint density at radius 3 is 2.67 bits per heavy atom. The summed E-state index contributed by atoms with van der Waals surface area (Å²) in [5.41, 5.74) is 1.50. The van der Waals surface area contributed by atoms with Gasteiger partial charge < -0.3 is 0 Å². The highest BCUT2D eigenvalue weighted by molar-refractivity contribution is 14.1. The van der Waals surface area contributed by atoms with E-state index in [9.17, 15) is 4.79 Å². The Labute approximate surface area is 100 Å². The molecule has 15 heavy (non-hydrogen) atoms. The van der Waals surface area contributed by atoms with Crippen molar-refractivity contribution in [3.63, 3.8) is 0 Å². The second-order valence-corrected chi connectivity index (χ2v) is 4.33. The Balaban J connectivity index is 2.14. The molecule has 0 aliphatic heterocycles. The largest absolute Gasteiger partial charge is 0.296 e. The molecule has 0 fully saturated rings. The van der Waals surface area contributed by atoms with E-state index in [0.717, 1.165) is 5.56 Å². The molecule has 0 aliphatic rings. The summed E-state index contributed by atoms with van der Waals surface area (Å²) in [6, 6.07) is 8.13. The first-order valence-electron chi connectivity index (χ1n) is 4.37. The highest BCUT2D eigenvalue weighted by atomic mass is 127. The summed E-state index contributed by atoms with van der Waals surface area (Å²) in [6.45, 7) is 0.637. The average molecular weight is 313 g/mol. The van der Waals surface area contributed by atoms with Crippen molar-refractivity contribution >= 4 is 28.9 Å². The minimum atomic E-state index is 0.362. The zero-order valence-corrected chi connectivity index (χ0v) is 9.96. The first-order chi connectivity index (χ1) is 7.28. The molecule has 1 heterocycles. The fourth-order valence-corrected chi connectivity index (χ4v) is 1.58. The Hall–Kier alpha value is -1.24. The molecule has 4 nitrogen and oxygen atoms in total. The SMILES string of the molecule is O=Cc1cn(Cc2ccc(I)cc2)nn1. The number of carbonyl (C=O) groups is 1. The van der Waals surface area contributed by atoms with Crippen molar-refractivity contribution in [1.29, 1.82) is 0 Å². The van der Waals surface area contributed by atoms with Gasteiger partial charge in [0.1, 0.15) is 5.69 Å². The second kappa shape index (κ2) is 4.52. The number of aromatic nitrogens is 3. The van der Waals surface area contributed by atoms with E-state index in [1.54, 1.807) is 10.9 Å². The summed E-state index contributed by atoms with van der Waals surface area (Å²) in [4.78, 5) is 10.4. The van der Waals surface area contributed by atoms with Crippen LogP contribution in [0.1, 0.15) is 16.1 Å². The number of benzene rings is 1. The number of aldehydes is 1. The summed E-state index contributed by atoms with van der Waals surface area (Å²) in [6.07, 6.45) is 2.32. The summed E-state index contributed by atoms with van der Waals surface area (Å²) in [5.74, 6) is 0. The first kappa shape index (κ1) is 10.3. The smallest absolute Gasteiger partial charge is 0.171 e. The van der Waals surface area contributed by atoms with Gasteiger partial charge in [-0.15, -0.1) is 5.10 Å². The van der Waals surface area contributed by atoms with E-state index in [4.69, 9.17) is 0 Å². The van der Waals surface area contributed by atoms with Crippen LogP contribution in [0.25, 0.3) is 0 Å². The van der Waals surface area contributed by atoms with Crippen LogP contribution in [0, 0.1) is 3.57 Å². The van der Waals surface area contributed by atoms with Crippen molar-refractivity contribution in [2.75, 3.05) is 0 Å². The molecule has 0 unspecified atom stereocenters. The predicted molar refractivity (Wildman–Crippen MR) is 63.7 cm³/mol. The standard InChI is InChI=1S/C10H8IN3O/c11-9-3-1-8(2-4-9)5-14-6-10(7-15)12-13-14/h1-4,6-7H,5H2. The normalized spacial score (nSPS) is 10.2. The van der Waals surface area contributed by atoms with E-state index in [0.29, 0.717) is 18.5 Å². The van der Waals surface area contributed by atoms with Crippen LogP contribution < -0.4 is 0 Å². The van der Waals surface area contributed by atoms with Crippen LogP contribution in [-0.4, -0.2) is 21.3 Å². The lowest BCUT2D eigenvalue weighted by molar-refractivity contribution is 0.111. The van der Waals surface area contributed by atoms with E-state index in [-0.39, 0.29) is 0 Å². The van der Waals surface area contributed by atoms with Gasteiger partial charge in [-0.05, 0) is 40.3 Å². The first-order valence-corrected chi connectivity index (χ1v) is 5.45. The molecule has 76 valence electrons.